The second-order valence-electron chi connectivity index (χ2n) is 6.45. The Morgan fingerprint density at radius 2 is 1.70 bits per heavy atom. The van der Waals surface area contributed by atoms with Crippen LogP contribution in [-0.4, -0.2) is 25.3 Å². The fourth-order valence-corrected chi connectivity index (χ4v) is 5.01. The lowest BCUT2D eigenvalue weighted by Gasteiger charge is -2.26. The summed E-state index contributed by atoms with van der Waals surface area (Å²) in [4.78, 5) is 0.398. The fourth-order valence-electron chi connectivity index (χ4n) is 3.28. The molecule has 3 rings (SSSR count). The van der Waals surface area contributed by atoms with Gasteiger partial charge in [-0.15, -0.1) is 0 Å². The molecule has 3 nitrogen and oxygen atoms in total. The van der Waals surface area contributed by atoms with E-state index in [1.54, 1.807) is 16.4 Å². The Hall–Kier alpha value is -1.65. The highest BCUT2D eigenvalue weighted by Gasteiger charge is 2.39. The minimum atomic E-state index is -3.42. The van der Waals surface area contributed by atoms with Crippen molar-refractivity contribution in [2.45, 2.75) is 37.6 Å². The average Bonchev–Trinajstić information content (AvgIpc) is 2.90. The minimum absolute atomic E-state index is 0.0312. The summed E-state index contributed by atoms with van der Waals surface area (Å²) in [6.07, 6.45) is 1.69. The first kappa shape index (κ1) is 16.2. The van der Waals surface area contributed by atoms with Gasteiger partial charge in [0.15, 0.2) is 0 Å². The van der Waals surface area contributed by atoms with Gasteiger partial charge in [-0.2, -0.15) is 4.31 Å². The molecule has 2 atom stereocenters. The highest BCUT2D eigenvalue weighted by Crippen LogP contribution is 2.32. The SMILES string of the molecule is Cc1ccc(S(=O)(=O)N2CC[C@@H](C)[C@H]2Cc2ccccc2)cc1. The summed E-state index contributed by atoms with van der Waals surface area (Å²) in [7, 11) is -3.42. The van der Waals surface area contributed by atoms with Crippen LogP contribution >= 0.6 is 0 Å². The van der Waals surface area contributed by atoms with Gasteiger partial charge >= 0.3 is 0 Å². The maximum Gasteiger partial charge on any atom is 0.243 e. The van der Waals surface area contributed by atoms with Crippen LogP contribution in [0, 0.1) is 12.8 Å². The van der Waals surface area contributed by atoms with E-state index in [4.69, 9.17) is 0 Å². The van der Waals surface area contributed by atoms with Crippen molar-refractivity contribution in [3.63, 3.8) is 0 Å². The summed E-state index contributed by atoms with van der Waals surface area (Å²) in [5, 5.41) is 0. The molecule has 0 aliphatic carbocycles. The Labute approximate surface area is 139 Å². The second kappa shape index (κ2) is 6.46. The first-order valence-electron chi connectivity index (χ1n) is 8.11. The average molecular weight is 329 g/mol. The van der Waals surface area contributed by atoms with Crippen LogP contribution in [0.15, 0.2) is 59.5 Å². The molecule has 0 bridgehead atoms. The number of rotatable bonds is 4. The zero-order chi connectivity index (χ0) is 16.4. The van der Waals surface area contributed by atoms with Crippen LogP contribution in [0.3, 0.4) is 0 Å². The summed E-state index contributed by atoms with van der Waals surface area (Å²) in [6.45, 7) is 4.72. The monoisotopic (exact) mass is 329 g/mol. The van der Waals surface area contributed by atoms with E-state index in [1.807, 2.05) is 37.3 Å². The molecule has 0 saturated carbocycles. The molecule has 0 spiro atoms. The summed E-state index contributed by atoms with van der Waals surface area (Å²) in [6, 6.07) is 17.3. The summed E-state index contributed by atoms with van der Waals surface area (Å²) in [5.74, 6) is 0.371. The predicted octanol–water partition coefficient (Wildman–Crippen LogP) is 3.64. The van der Waals surface area contributed by atoms with Crippen LogP contribution in [0.4, 0.5) is 0 Å². The topological polar surface area (TPSA) is 37.4 Å². The number of sulfonamides is 1. The van der Waals surface area contributed by atoms with Gasteiger partial charge in [0.05, 0.1) is 4.90 Å². The molecule has 0 aromatic heterocycles. The maximum absolute atomic E-state index is 13.0. The standard InChI is InChI=1S/C19H23NO2S/c1-15-8-10-18(11-9-15)23(21,22)20-13-12-16(2)19(20)14-17-6-4-3-5-7-17/h3-11,16,19H,12-14H2,1-2H3/t16-,19-/m1/s1. The van der Waals surface area contributed by atoms with Crippen molar-refractivity contribution in [3.8, 4) is 0 Å². The third-order valence-electron chi connectivity index (χ3n) is 4.75. The van der Waals surface area contributed by atoms with Crippen LogP contribution in [0.1, 0.15) is 24.5 Å². The fraction of sp³-hybridized carbons (Fsp3) is 0.368. The van der Waals surface area contributed by atoms with E-state index in [2.05, 4.69) is 19.1 Å². The van der Waals surface area contributed by atoms with Gasteiger partial charge in [0.2, 0.25) is 10.0 Å². The highest BCUT2D eigenvalue weighted by molar-refractivity contribution is 7.89. The largest absolute Gasteiger partial charge is 0.243 e. The van der Waals surface area contributed by atoms with Gasteiger partial charge in [-0.05, 0) is 43.4 Å². The number of benzene rings is 2. The second-order valence-corrected chi connectivity index (χ2v) is 8.34. The van der Waals surface area contributed by atoms with Crippen LogP contribution < -0.4 is 0 Å². The predicted molar refractivity (Wildman–Crippen MR) is 92.8 cm³/mol. The van der Waals surface area contributed by atoms with Crippen LogP contribution in [0.2, 0.25) is 0 Å². The maximum atomic E-state index is 13.0. The van der Waals surface area contributed by atoms with E-state index in [0.29, 0.717) is 17.4 Å². The molecule has 1 saturated heterocycles. The molecular formula is C19H23NO2S. The van der Waals surface area contributed by atoms with Gasteiger partial charge in [0, 0.05) is 12.6 Å². The van der Waals surface area contributed by atoms with E-state index in [0.717, 1.165) is 18.4 Å². The van der Waals surface area contributed by atoms with Crippen molar-refractivity contribution < 1.29 is 8.42 Å². The molecule has 122 valence electrons. The van der Waals surface area contributed by atoms with Gasteiger partial charge in [-0.25, -0.2) is 8.42 Å². The van der Waals surface area contributed by atoms with Gasteiger partial charge in [-0.1, -0.05) is 55.0 Å². The van der Waals surface area contributed by atoms with E-state index < -0.39 is 10.0 Å². The number of nitrogens with zero attached hydrogens (tertiary/aromatic N) is 1. The molecule has 1 fully saturated rings. The molecule has 1 aliphatic rings. The Balaban J connectivity index is 1.89. The third kappa shape index (κ3) is 3.33. The normalized spacial score (nSPS) is 22.3. The van der Waals surface area contributed by atoms with Gasteiger partial charge in [0.25, 0.3) is 0 Å². The quantitative estimate of drug-likeness (QED) is 0.859. The zero-order valence-electron chi connectivity index (χ0n) is 13.6. The van der Waals surface area contributed by atoms with Crippen LogP contribution in [0.5, 0.6) is 0 Å². The smallest absolute Gasteiger partial charge is 0.207 e. The summed E-state index contributed by atoms with van der Waals surface area (Å²) < 4.78 is 27.7. The van der Waals surface area contributed by atoms with E-state index >= 15 is 0 Å². The Morgan fingerprint density at radius 3 is 2.35 bits per heavy atom. The van der Waals surface area contributed by atoms with Gasteiger partial charge in [-0.3, -0.25) is 0 Å². The van der Waals surface area contributed by atoms with Crippen LogP contribution in [0.25, 0.3) is 0 Å². The number of aryl methyl sites for hydroxylation is 1. The molecule has 0 amide bonds. The Morgan fingerprint density at radius 1 is 1.04 bits per heavy atom. The Kier molecular flexibility index (Phi) is 4.55. The van der Waals surface area contributed by atoms with Gasteiger partial charge in [0.1, 0.15) is 0 Å². The van der Waals surface area contributed by atoms with Crippen molar-refractivity contribution in [1.82, 2.24) is 4.31 Å². The molecule has 1 heterocycles. The molecular weight excluding hydrogens is 306 g/mol. The Bertz CT molecular complexity index is 754. The molecule has 4 heteroatoms. The molecule has 2 aromatic carbocycles. The van der Waals surface area contributed by atoms with E-state index in [-0.39, 0.29) is 6.04 Å². The van der Waals surface area contributed by atoms with Crippen LogP contribution in [-0.2, 0) is 16.4 Å². The van der Waals surface area contributed by atoms with Crippen molar-refractivity contribution >= 4 is 10.0 Å². The lowest BCUT2D eigenvalue weighted by atomic mass is 9.96. The molecule has 1 aliphatic heterocycles. The zero-order valence-corrected chi connectivity index (χ0v) is 14.5. The summed E-state index contributed by atoms with van der Waals surface area (Å²) in [5.41, 5.74) is 2.26. The first-order valence-corrected chi connectivity index (χ1v) is 9.55. The lowest BCUT2D eigenvalue weighted by molar-refractivity contribution is 0.346. The van der Waals surface area contributed by atoms with E-state index in [9.17, 15) is 8.42 Å². The minimum Gasteiger partial charge on any atom is -0.207 e. The lowest BCUT2D eigenvalue weighted by Crippen LogP contribution is -2.38. The number of hydrogen-bond acceptors (Lipinski definition) is 2. The van der Waals surface area contributed by atoms with Crippen molar-refractivity contribution in [2.75, 3.05) is 6.54 Å². The molecule has 23 heavy (non-hydrogen) atoms. The molecule has 0 N–H and O–H groups in total. The molecule has 2 aromatic rings. The number of hydrogen-bond donors (Lipinski definition) is 0. The van der Waals surface area contributed by atoms with Crippen molar-refractivity contribution in [2.24, 2.45) is 5.92 Å². The first-order chi connectivity index (χ1) is 11.0. The van der Waals surface area contributed by atoms with Crippen molar-refractivity contribution in [3.05, 3.63) is 65.7 Å². The third-order valence-corrected chi connectivity index (χ3v) is 6.69. The highest BCUT2D eigenvalue weighted by atomic mass is 32.2. The molecule has 0 unspecified atom stereocenters. The van der Waals surface area contributed by atoms with E-state index in [1.165, 1.54) is 5.56 Å². The van der Waals surface area contributed by atoms with Crippen molar-refractivity contribution in [1.29, 1.82) is 0 Å². The summed E-state index contributed by atoms with van der Waals surface area (Å²) >= 11 is 0. The molecule has 0 radical (unpaired) electrons. The van der Waals surface area contributed by atoms with Gasteiger partial charge < -0.3 is 0 Å².